The summed E-state index contributed by atoms with van der Waals surface area (Å²) in [7, 11) is 0. The fourth-order valence-corrected chi connectivity index (χ4v) is 13.8. The summed E-state index contributed by atoms with van der Waals surface area (Å²) in [6, 6.07) is 90.5. The molecular weight excluding hydrogens is 885 g/mol. The van der Waals surface area contributed by atoms with Gasteiger partial charge in [-0.2, -0.15) is 0 Å². The molecule has 0 fully saturated rings. The number of furan rings is 1. The Morgan fingerprint density at radius 3 is 1.79 bits per heavy atom. The first-order valence-electron chi connectivity index (χ1n) is 25.5. The molecule has 13 aromatic rings. The molecule has 0 N–H and O–H groups in total. The zero-order valence-electron chi connectivity index (χ0n) is 40.4. The van der Waals surface area contributed by atoms with Crippen molar-refractivity contribution in [2.45, 2.75) is 24.7 Å². The molecule has 2 heterocycles. The van der Waals surface area contributed by atoms with Gasteiger partial charge in [0, 0.05) is 49.6 Å². The molecule has 2 aromatic heterocycles. The van der Waals surface area contributed by atoms with E-state index in [1.54, 1.807) is 0 Å². The summed E-state index contributed by atoms with van der Waals surface area (Å²) in [6.45, 7) is 4.73. The van der Waals surface area contributed by atoms with Gasteiger partial charge in [-0.05, 0) is 139 Å². The molecule has 0 bridgehead atoms. The second-order valence-corrected chi connectivity index (χ2v) is 20.7. The average molecular weight is 931 g/mol. The van der Waals surface area contributed by atoms with Crippen molar-refractivity contribution < 1.29 is 4.42 Å². The number of hydrogen-bond donors (Lipinski definition) is 0. The first kappa shape index (κ1) is 40.5. The van der Waals surface area contributed by atoms with Crippen LogP contribution in [0.5, 0.6) is 0 Å². The van der Waals surface area contributed by atoms with Gasteiger partial charge in [-0.25, -0.2) is 0 Å². The minimum absolute atomic E-state index is 0.136. The van der Waals surface area contributed by atoms with Gasteiger partial charge in [-0.3, -0.25) is 0 Å². The lowest BCUT2D eigenvalue weighted by Gasteiger charge is -2.32. The Balaban J connectivity index is 0.953. The predicted molar refractivity (Wildman–Crippen MR) is 302 cm³/mol. The molecule has 3 nitrogen and oxygen atoms in total. The van der Waals surface area contributed by atoms with Crippen LogP contribution >= 0.6 is 0 Å². The van der Waals surface area contributed by atoms with Crippen LogP contribution in [0.1, 0.15) is 47.2 Å². The summed E-state index contributed by atoms with van der Waals surface area (Å²) in [4.78, 5) is 2.45. The largest absolute Gasteiger partial charge is 0.456 e. The quantitative estimate of drug-likeness (QED) is 0.171. The number of benzene rings is 11. The number of aromatic nitrogens is 1. The van der Waals surface area contributed by atoms with E-state index in [1.807, 2.05) is 6.07 Å². The summed E-state index contributed by atoms with van der Waals surface area (Å²) in [6.07, 6.45) is 0. The maximum atomic E-state index is 6.35. The molecule has 3 aliphatic rings. The van der Waals surface area contributed by atoms with Crippen LogP contribution in [0.2, 0.25) is 0 Å². The standard InChI is InChI=1S/C70H46N2O/c1-69(2)57-27-11-6-20-48(57)50-37-35-45(41-61(50)69)71(44-18-4-3-5-19-44)46-36-38-52-51-22-9-14-31-62(51)72(64(52)42-46)63-32-17-26-54-49-21-7-12-28-58(49)70(68(54)63)59-29-13-8-24-55(59)67-47(25-16-30-60(67)70)43-34-39-66-56(40-43)53-23-10-15-33-65(53)73-66/h3-42H,1-2H3. The number of hydrogen-bond acceptors (Lipinski definition) is 2. The van der Waals surface area contributed by atoms with Gasteiger partial charge in [0.05, 0.1) is 22.1 Å². The van der Waals surface area contributed by atoms with Gasteiger partial charge in [-0.15, -0.1) is 0 Å². The Kier molecular flexibility index (Phi) is 8.16. The molecule has 0 saturated carbocycles. The molecule has 342 valence electrons. The molecule has 0 amide bonds. The monoisotopic (exact) mass is 930 g/mol. The minimum atomic E-state index is -0.614. The first-order chi connectivity index (χ1) is 36.0. The van der Waals surface area contributed by atoms with E-state index in [4.69, 9.17) is 4.42 Å². The summed E-state index contributed by atoms with van der Waals surface area (Å²) >= 11 is 0. The van der Waals surface area contributed by atoms with Crippen molar-refractivity contribution in [3.63, 3.8) is 0 Å². The van der Waals surface area contributed by atoms with Crippen LogP contribution in [-0.4, -0.2) is 4.57 Å². The summed E-state index contributed by atoms with van der Waals surface area (Å²) in [5.74, 6) is 0. The Bertz CT molecular complexity index is 4490. The first-order valence-corrected chi connectivity index (χ1v) is 25.5. The van der Waals surface area contributed by atoms with Crippen LogP contribution in [0.15, 0.2) is 247 Å². The normalized spacial score (nSPS) is 15.4. The van der Waals surface area contributed by atoms with Gasteiger partial charge in [0.1, 0.15) is 11.2 Å². The van der Waals surface area contributed by atoms with E-state index in [0.29, 0.717) is 0 Å². The van der Waals surface area contributed by atoms with Crippen LogP contribution in [0, 0.1) is 0 Å². The zero-order chi connectivity index (χ0) is 48.2. The van der Waals surface area contributed by atoms with Crippen LogP contribution in [0.4, 0.5) is 17.1 Å². The molecule has 11 aromatic carbocycles. The van der Waals surface area contributed by atoms with Gasteiger partial charge in [0.15, 0.2) is 0 Å². The van der Waals surface area contributed by atoms with Crippen molar-refractivity contribution >= 4 is 60.8 Å². The highest BCUT2D eigenvalue weighted by Crippen LogP contribution is 2.65. The molecule has 0 radical (unpaired) electrons. The average Bonchev–Trinajstić information content (AvgIpc) is 4.31. The maximum absolute atomic E-state index is 6.35. The highest BCUT2D eigenvalue weighted by molar-refractivity contribution is 6.12. The van der Waals surface area contributed by atoms with E-state index in [2.05, 4.69) is 260 Å². The van der Waals surface area contributed by atoms with Crippen molar-refractivity contribution in [2.24, 2.45) is 0 Å². The Labute approximate surface area is 423 Å². The van der Waals surface area contributed by atoms with Crippen LogP contribution < -0.4 is 4.90 Å². The molecule has 16 rings (SSSR count). The lowest BCUT2D eigenvalue weighted by Crippen LogP contribution is -2.27. The Morgan fingerprint density at radius 1 is 0.356 bits per heavy atom. The van der Waals surface area contributed by atoms with Gasteiger partial charge >= 0.3 is 0 Å². The highest BCUT2D eigenvalue weighted by Gasteiger charge is 2.53. The predicted octanol–water partition coefficient (Wildman–Crippen LogP) is 18.5. The summed E-state index contributed by atoms with van der Waals surface area (Å²) < 4.78 is 8.93. The van der Waals surface area contributed by atoms with Crippen LogP contribution in [0.25, 0.3) is 93.9 Å². The van der Waals surface area contributed by atoms with Crippen molar-refractivity contribution in [3.05, 3.63) is 276 Å². The Morgan fingerprint density at radius 2 is 0.945 bits per heavy atom. The molecule has 0 saturated heterocycles. The van der Waals surface area contributed by atoms with E-state index in [-0.39, 0.29) is 5.41 Å². The number of anilines is 3. The number of para-hydroxylation sites is 3. The molecular formula is C70H46N2O. The third-order valence-corrected chi connectivity index (χ3v) is 16.8. The summed E-state index contributed by atoms with van der Waals surface area (Å²) in [5.41, 5.74) is 26.0. The lowest BCUT2D eigenvalue weighted by atomic mass is 9.70. The molecule has 1 atom stereocenters. The molecule has 3 aliphatic carbocycles. The second-order valence-electron chi connectivity index (χ2n) is 20.7. The minimum Gasteiger partial charge on any atom is -0.456 e. The molecule has 1 unspecified atom stereocenters. The molecule has 0 aliphatic heterocycles. The van der Waals surface area contributed by atoms with E-state index in [1.165, 1.54) is 99.9 Å². The van der Waals surface area contributed by atoms with Gasteiger partial charge < -0.3 is 13.9 Å². The Hall–Kier alpha value is -9.18. The van der Waals surface area contributed by atoms with Crippen molar-refractivity contribution in [3.8, 4) is 50.2 Å². The van der Waals surface area contributed by atoms with Crippen molar-refractivity contribution in [2.75, 3.05) is 4.90 Å². The third kappa shape index (κ3) is 5.33. The fraction of sp³-hybridized carbons (Fsp3) is 0.0571. The van der Waals surface area contributed by atoms with Gasteiger partial charge in [0.25, 0.3) is 0 Å². The number of fused-ring (bicyclic) bond motifs is 19. The SMILES string of the molecule is CC1(C)c2ccccc2-c2ccc(N(c3ccccc3)c3ccc4c5ccccc5n(-c5cccc6c5C5(c7ccccc7-6)c6ccccc6-c6c(-c7ccc8oc9ccccc9c8c7)cccc65)c4c3)cc21. The molecule has 73 heavy (non-hydrogen) atoms. The molecule has 1 spiro atoms. The zero-order valence-corrected chi connectivity index (χ0v) is 40.4. The smallest absolute Gasteiger partial charge is 0.135 e. The van der Waals surface area contributed by atoms with Crippen molar-refractivity contribution in [1.82, 2.24) is 4.57 Å². The lowest BCUT2D eigenvalue weighted by molar-refractivity contribution is 0.660. The topological polar surface area (TPSA) is 21.3 Å². The van der Waals surface area contributed by atoms with Crippen LogP contribution in [-0.2, 0) is 10.8 Å². The number of rotatable bonds is 5. The van der Waals surface area contributed by atoms with E-state index in [9.17, 15) is 0 Å². The maximum Gasteiger partial charge on any atom is 0.135 e. The third-order valence-electron chi connectivity index (χ3n) is 16.8. The van der Waals surface area contributed by atoms with Crippen LogP contribution in [0.3, 0.4) is 0 Å². The fourth-order valence-electron chi connectivity index (χ4n) is 13.8. The van der Waals surface area contributed by atoms with Crippen molar-refractivity contribution in [1.29, 1.82) is 0 Å². The van der Waals surface area contributed by atoms with Gasteiger partial charge in [0.2, 0.25) is 0 Å². The highest BCUT2D eigenvalue weighted by atomic mass is 16.3. The van der Waals surface area contributed by atoms with Gasteiger partial charge in [-0.1, -0.05) is 190 Å². The van der Waals surface area contributed by atoms with E-state index in [0.717, 1.165) is 44.5 Å². The van der Waals surface area contributed by atoms with E-state index >= 15 is 0 Å². The second kappa shape index (κ2) is 14.7. The molecule has 3 heteroatoms. The number of nitrogens with zero attached hydrogens (tertiary/aromatic N) is 2. The van der Waals surface area contributed by atoms with E-state index < -0.39 is 5.41 Å². The summed E-state index contributed by atoms with van der Waals surface area (Å²) in [5, 5.41) is 4.71.